The summed E-state index contributed by atoms with van der Waals surface area (Å²) in [6.45, 7) is 7.45. The standard InChI is InChI=1S/C26H28N2O4/c1-16-10-8-9-13-18(16)25-14-15-26(27-25,23(31)32-24(2,3)4)20-19(25)21(29)28(22(20)30)17-11-6-5-7-12-17/h5-13,19-20,27H,14-15H2,1-4H3/t19-,20+,25+,26+/m1/s1. The number of hydrogen-bond acceptors (Lipinski definition) is 5. The van der Waals surface area contributed by atoms with Crippen LogP contribution in [0.2, 0.25) is 0 Å². The van der Waals surface area contributed by atoms with Gasteiger partial charge in [0.1, 0.15) is 11.1 Å². The molecule has 3 aliphatic heterocycles. The normalized spacial score (nSPS) is 31.2. The molecule has 3 heterocycles. The van der Waals surface area contributed by atoms with Gasteiger partial charge in [-0.05, 0) is 63.8 Å². The summed E-state index contributed by atoms with van der Waals surface area (Å²) < 4.78 is 5.80. The third-order valence-electron chi connectivity index (χ3n) is 7.13. The minimum Gasteiger partial charge on any atom is -0.459 e. The van der Waals surface area contributed by atoms with E-state index in [-0.39, 0.29) is 11.8 Å². The third-order valence-corrected chi connectivity index (χ3v) is 7.13. The predicted molar refractivity (Wildman–Crippen MR) is 120 cm³/mol. The molecule has 4 atom stereocenters. The minimum atomic E-state index is -1.23. The molecule has 2 aromatic rings. The van der Waals surface area contributed by atoms with Gasteiger partial charge in [-0.15, -0.1) is 0 Å². The van der Waals surface area contributed by atoms with Gasteiger partial charge in [-0.2, -0.15) is 0 Å². The lowest BCUT2D eigenvalue weighted by molar-refractivity contribution is -0.165. The monoisotopic (exact) mass is 432 g/mol. The summed E-state index contributed by atoms with van der Waals surface area (Å²) >= 11 is 0. The number of rotatable bonds is 3. The van der Waals surface area contributed by atoms with Crippen LogP contribution in [0.25, 0.3) is 0 Å². The Kier molecular flexibility index (Phi) is 4.41. The fourth-order valence-corrected chi connectivity index (χ4v) is 5.97. The summed E-state index contributed by atoms with van der Waals surface area (Å²) in [7, 11) is 0. The number of aryl methyl sites for hydroxylation is 1. The van der Waals surface area contributed by atoms with Gasteiger partial charge < -0.3 is 4.74 Å². The zero-order valence-corrected chi connectivity index (χ0v) is 18.8. The van der Waals surface area contributed by atoms with Gasteiger partial charge in [0, 0.05) is 0 Å². The second-order valence-corrected chi connectivity index (χ2v) is 10.2. The smallest absolute Gasteiger partial charge is 0.327 e. The fourth-order valence-electron chi connectivity index (χ4n) is 5.97. The Morgan fingerprint density at radius 3 is 2.25 bits per heavy atom. The Morgan fingerprint density at radius 1 is 0.969 bits per heavy atom. The van der Waals surface area contributed by atoms with Gasteiger partial charge in [-0.25, -0.2) is 4.90 Å². The highest BCUT2D eigenvalue weighted by molar-refractivity contribution is 6.24. The molecule has 0 saturated carbocycles. The van der Waals surface area contributed by atoms with Gasteiger partial charge in [0.2, 0.25) is 11.8 Å². The van der Waals surface area contributed by atoms with E-state index in [9.17, 15) is 14.4 Å². The van der Waals surface area contributed by atoms with E-state index in [0.29, 0.717) is 18.5 Å². The number of amides is 2. The van der Waals surface area contributed by atoms with Gasteiger partial charge in [-0.1, -0.05) is 42.5 Å². The Bertz CT molecular complexity index is 1120. The minimum absolute atomic E-state index is 0.257. The summed E-state index contributed by atoms with van der Waals surface area (Å²) in [5.41, 5.74) is -0.187. The van der Waals surface area contributed by atoms with Gasteiger partial charge in [0.25, 0.3) is 0 Å². The van der Waals surface area contributed by atoms with Crippen LogP contribution in [0.4, 0.5) is 5.69 Å². The molecule has 6 nitrogen and oxygen atoms in total. The first-order valence-corrected chi connectivity index (χ1v) is 11.1. The predicted octanol–water partition coefficient (Wildman–Crippen LogP) is 3.47. The number of benzene rings is 2. The number of anilines is 1. The van der Waals surface area contributed by atoms with Gasteiger partial charge in [0.05, 0.1) is 23.1 Å². The summed E-state index contributed by atoms with van der Waals surface area (Å²) in [4.78, 5) is 42.5. The van der Waals surface area contributed by atoms with E-state index in [1.807, 2.05) is 58.0 Å². The van der Waals surface area contributed by atoms with E-state index < -0.39 is 34.5 Å². The first-order valence-electron chi connectivity index (χ1n) is 11.1. The van der Waals surface area contributed by atoms with E-state index in [1.165, 1.54) is 4.90 Å². The van der Waals surface area contributed by atoms with Crippen molar-refractivity contribution in [2.45, 2.75) is 57.2 Å². The van der Waals surface area contributed by atoms with Crippen molar-refractivity contribution in [2.75, 3.05) is 4.90 Å². The molecule has 2 amide bonds. The third kappa shape index (κ3) is 2.72. The van der Waals surface area contributed by atoms with Crippen molar-refractivity contribution in [1.82, 2.24) is 5.32 Å². The maximum absolute atomic E-state index is 13.8. The first-order chi connectivity index (χ1) is 15.1. The van der Waals surface area contributed by atoms with Crippen molar-refractivity contribution in [2.24, 2.45) is 11.8 Å². The molecule has 2 aromatic carbocycles. The number of carbonyl (C=O) groups excluding carboxylic acids is 3. The summed E-state index contributed by atoms with van der Waals surface area (Å²) in [6.07, 6.45) is 1.03. The summed E-state index contributed by atoms with van der Waals surface area (Å²) in [5, 5.41) is 3.53. The zero-order chi connectivity index (χ0) is 22.9. The van der Waals surface area contributed by atoms with Crippen molar-refractivity contribution >= 4 is 23.5 Å². The number of nitrogens with one attached hydrogen (secondary N) is 1. The number of carbonyl (C=O) groups is 3. The lowest BCUT2D eigenvalue weighted by Gasteiger charge is -2.34. The van der Waals surface area contributed by atoms with Gasteiger partial charge in [0.15, 0.2) is 0 Å². The summed E-state index contributed by atoms with van der Waals surface area (Å²) in [6, 6.07) is 16.9. The largest absolute Gasteiger partial charge is 0.459 e. The molecule has 0 aromatic heterocycles. The van der Waals surface area contributed by atoms with Crippen LogP contribution in [0.5, 0.6) is 0 Å². The van der Waals surface area contributed by atoms with Gasteiger partial charge in [-0.3, -0.25) is 19.7 Å². The molecule has 0 spiro atoms. The molecule has 3 fully saturated rings. The topological polar surface area (TPSA) is 75.7 Å². The van der Waals surface area contributed by atoms with E-state index >= 15 is 0 Å². The van der Waals surface area contributed by atoms with Crippen molar-refractivity contribution in [3.8, 4) is 0 Å². The Hall–Kier alpha value is -2.99. The molecule has 32 heavy (non-hydrogen) atoms. The number of fused-ring (bicyclic) bond motifs is 5. The second-order valence-electron chi connectivity index (χ2n) is 10.2. The number of esters is 1. The van der Waals surface area contributed by atoms with E-state index in [2.05, 4.69) is 5.32 Å². The number of hydrogen-bond donors (Lipinski definition) is 1. The van der Waals surface area contributed by atoms with Crippen LogP contribution in [0, 0.1) is 18.8 Å². The Balaban J connectivity index is 1.68. The number of nitrogens with zero attached hydrogens (tertiary/aromatic N) is 1. The van der Waals surface area contributed by atoms with Gasteiger partial charge >= 0.3 is 5.97 Å². The molecular formula is C26H28N2O4. The highest BCUT2D eigenvalue weighted by atomic mass is 16.6. The quantitative estimate of drug-likeness (QED) is 0.594. The Morgan fingerprint density at radius 2 is 1.59 bits per heavy atom. The average Bonchev–Trinajstić information content (AvgIpc) is 3.36. The molecule has 0 aliphatic carbocycles. The maximum atomic E-state index is 13.8. The number of ether oxygens (including phenoxy) is 1. The molecule has 2 bridgehead atoms. The number of imide groups is 1. The summed E-state index contributed by atoms with van der Waals surface area (Å²) in [5.74, 6) is -2.52. The van der Waals surface area contributed by atoms with Crippen LogP contribution in [-0.4, -0.2) is 28.9 Å². The van der Waals surface area contributed by atoms with Crippen LogP contribution < -0.4 is 10.2 Å². The maximum Gasteiger partial charge on any atom is 0.327 e. The molecule has 3 aliphatic rings. The molecule has 5 rings (SSSR count). The lowest BCUT2D eigenvalue weighted by Crippen LogP contribution is -2.56. The highest BCUT2D eigenvalue weighted by Crippen LogP contribution is 2.61. The van der Waals surface area contributed by atoms with Crippen molar-refractivity contribution in [1.29, 1.82) is 0 Å². The average molecular weight is 433 g/mol. The van der Waals surface area contributed by atoms with Crippen LogP contribution >= 0.6 is 0 Å². The molecule has 6 heteroatoms. The van der Waals surface area contributed by atoms with Crippen LogP contribution in [-0.2, 0) is 24.7 Å². The van der Waals surface area contributed by atoms with E-state index in [0.717, 1.165) is 11.1 Å². The second kappa shape index (κ2) is 6.75. The lowest BCUT2D eigenvalue weighted by atomic mass is 9.65. The molecule has 166 valence electrons. The number of para-hydroxylation sites is 1. The zero-order valence-electron chi connectivity index (χ0n) is 18.8. The van der Waals surface area contributed by atoms with Crippen LogP contribution in [0.15, 0.2) is 54.6 Å². The van der Waals surface area contributed by atoms with E-state index in [1.54, 1.807) is 24.3 Å². The molecule has 0 unspecified atom stereocenters. The molecule has 0 radical (unpaired) electrons. The SMILES string of the molecule is Cc1ccccc1[C@]12CC[C@](C(=O)OC(C)(C)C)(N1)[C@@H]1C(=O)N(c3ccccc3)C(=O)[C@@H]12. The fraction of sp³-hybridized carbons (Fsp3) is 0.423. The van der Waals surface area contributed by atoms with Crippen molar-refractivity contribution in [3.63, 3.8) is 0 Å². The highest BCUT2D eigenvalue weighted by Gasteiger charge is 2.77. The molecule has 3 saturated heterocycles. The van der Waals surface area contributed by atoms with Crippen LogP contribution in [0.1, 0.15) is 44.7 Å². The van der Waals surface area contributed by atoms with Crippen molar-refractivity contribution in [3.05, 3.63) is 65.7 Å². The molecule has 1 N–H and O–H groups in total. The van der Waals surface area contributed by atoms with E-state index in [4.69, 9.17) is 4.74 Å². The van der Waals surface area contributed by atoms with Crippen LogP contribution in [0.3, 0.4) is 0 Å². The van der Waals surface area contributed by atoms with Crippen molar-refractivity contribution < 1.29 is 19.1 Å². The molecular weight excluding hydrogens is 404 g/mol. The first kappa shape index (κ1) is 20.9. The Labute approximate surface area is 187 Å².